The predicted molar refractivity (Wildman–Crippen MR) is 85.2 cm³/mol. The van der Waals surface area contributed by atoms with Gasteiger partial charge in [-0.2, -0.15) is 0 Å². The molecule has 21 heavy (non-hydrogen) atoms. The average molecular weight is 370 g/mol. The van der Waals surface area contributed by atoms with Crippen LogP contribution in [0, 0.1) is 0 Å². The molecule has 0 aliphatic carbocycles. The summed E-state index contributed by atoms with van der Waals surface area (Å²) in [6.45, 7) is 1.60. The number of sulfonamides is 1. The van der Waals surface area contributed by atoms with Gasteiger partial charge in [0, 0.05) is 10.5 Å². The second kappa shape index (κ2) is 6.70. The summed E-state index contributed by atoms with van der Waals surface area (Å²) in [7, 11) is -3.62. The second-order valence-electron chi connectivity index (χ2n) is 4.70. The molecule has 0 saturated heterocycles. The van der Waals surface area contributed by atoms with Gasteiger partial charge in [0.2, 0.25) is 10.0 Å². The van der Waals surface area contributed by atoms with Crippen LogP contribution in [0.2, 0.25) is 0 Å². The quantitative estimate of drug-likeness (QED) is 0.851. The number of aliphatic hydroxyl groups is 1. The second-order valence-corrected chi connectivity index (χ2v) is 7.33. The molecule has 2 N–H and O–H groups in total. The van der Waals surface area contributed by atoms with Crippen LogP contribution < -0.4 is 4.72 Å². The van der Waals surface area contributed by atoms with Crippen LogP contribution in [0.25, 0.3) is 0 Å². The first-order valence-corrected chi connectivity index (χ1v) is 8.67. The fourth-order valence-corrected chi connectivity index (χ4v) is 3.50. The summed E-state index contributed by atoms with van der Waals surface area (Å²) < 4.78 is 28.3. The molecule has 2 rings (SSSR count). The Hall–Kier alpha value is -1.21. The molecule has 6 heteroatoms. The van der Waals surface area contributed by atoms with E-state index in [-0.39, 0.29) is 17.5 Å². The number of benzene rings is 2. The van der Waals surface area contributed by atoms with Crippen LogP contribution in [0.15, 0.2) is 57.9 Å². The highest BCUT2D eigenvalue weighted by Gasteiger charge is 2.18. The van der Waals surface area contributed by atoms with E-state index in [0.717, 1.165) is 10.0 Å². The maximum absolute atomic E-state index is 12.3. The summed E-state index contributed by atoms with van der Waals surface area (Å²) in [6.07, 6.45) is 0. The molecule has 0 aliphatic heterocycles. The van der Waals surface area contributed by atoms with Gasteiger partial charge < -0.3 is 5.11 Å². The van der Waals surface area contributed by atoms with Gasteiger partial charge in [0.25, 0.3) is 0 Å². The lowest BCUT2D eigenvalue weighted by Gasteiger charge is -2.15. The van der Waals surface area contributed by atoms with E-state index in [0.29, 0.717) is 5.56 Å². The molecule has 2 aromatic carbocycles. The van der Waals surface area contributed by atoms with Crippen LogP contribution in [0.3, 0.4) is 0 Å². The zero-order chi connectivity index (χ0) is 15.5. The molecule has 0 heterocycles. The van der Waals surface area contributed by atoms with Gasteiger partial charge in [-0.1, -0.05) is 40.2 Å². The minimum atomic E-state index is -3.62. The maximum Gasteiger partial charge on any atom is 0.241 e. The number of hydrogen-bond acceptors (Lipinski definition) is 3. The van der Waals surface area contributed by atoms with Crippen LogP contribution >= 0.6 is 15.9 Å². The van der Waals surface area contributed by atoms with Gasteiger partial charge in [-0.25, -0.2) is 13.1 Å². The normalized spacial score (nSPS) is 13.1. The maximum atomic E-state index is 12.3. The SMILES string of the molecule is CC(NS(=O)(=O)c1cccc(CO)c1)c1ccc(Br)cc1. The molecular formula is C15H16BrNO3S. The van der Waals surface area contributed by atoms with Crippen molar-refractivity contribution in [1.29, 1.82) is 0 Å². The van der Waals surface area contributed by atoms with Crippen molar-refractivity contribution in [3.8, 4) is 0 Å². The summed E-state index contributed by atoms with van der Waals surface area (Å²) in [5.74, 6) is 0. The molecule has 0 amide bonds. The van der Waals surface area contributed by atoms with Gasteiger partial charge >= 0.3 is 0 Å². The Morgan fingerprint density at radius 3 is 2.48 bits per heavy atom. The fraction of sp³-hybridized carbons (Fsp3) is 0.200. The van der Waals surface area contributed by atoms with E-state index in [1.807, 2.05) is 24.3 Å². The smallest absolute Gasteiger partial charge is 0.241 e. The fourth-order valence-electron chi connectivity index (χ4n) is 1.93. The van der Waals surface area contributed by atoms with E-state index in [9.17, 15) is 8.42 Å². The standard InChI is InChI=1S/C15H16BrNO3S/c1-11(13-5-7-14(16)8-6-13)17-21(19,20)15-4-2-3-12(9-15)10-18/h2-9,11,17-18H,10H2,1H3. The Morgan fingerprint density at radius 1 is 1.19 bits per heavy atom. The summed E-state index contributed by atoms with van der Waals surface area (Å²) in [4.78, 5) is 0.151. The summed E-state index contributed by atoms with van der Waals surface area (Å²) in [6, 6.07) is 13.4. The van der Waals surface area contributed by atoms with Gasteiger partial charge in [0.15, 0.2) is 0 Å². The number of hydrogen-bond donors (Lipinski definition) is 2. The third kappa shape index (κ3) is 4.14. The number of nitrogens with one attached hydrogen (secondary N) is 1. The van der Waals surface area contributed by atoms with Crippen molar-refractivity contribution < 1.29 is 13.5 Å². The molecule has 0 aromatic heterocycles. The third-order valence-electron chi connectivity index (χ3n) is 3.09. The predicted octanol–water partition coefficient (Wildman–Crippen LogP) is 2.98. The van der Waals surface area contributed by atoms with E-state index in [4.69, 9.17) is 5.11 Å². The average Bonchev–Trinajstić information content (AvgIpc) is 2.47. The molecule has 1 atom stereocenters. The molecule has 4 nitrogen and oxygen atoms in total. The highest BCUT2D eigenvalue weighted by atomic mass is 79.9. The van der Waals surface area contributed by atoms with Crippen molar-refractivity contribution in [3.05, 3.63) is 64.1 Å². The molecular weight excluding hydrogens is 354 g/mol. The first kappa shape index (κ1) is 16.2. The number of halogens is 1. The van der Waals surface area contributed by atoms with Crippen LogP contribution in [0.4, 0.5) is 0 Å². The summed E-state index contributed by atoms with van der Waals surface area (Å²) >= 11 is 3.35. The van der Waals surface area contributed by atoms with Gasteiger partial charge in [-0.3, -0.25) is 0 Å². The van der Waals surface area contributed by atoms with Crippen molar-refractivity contribution >= 4 is 26.0 Å². The third-order valence-corrected chi connectivity index (χ3v) is 5.16. The van der Waals surface area contributed by atoms with Crippen molar-refractivity contribution in [1.82, 2.24) is 4.72 Å². The lowest BCUT2D eigenvalue weighted by atomic mass is 10.1. The topological polar surface area (TPSA) is 66.4 Å². The van der Waals surface area contributed by atoms with E-state index in [1.165, 1.54) is 12.1 Å². The van der Waals surface area contributed by atoms with Crippen molar-refractivity contribution in [2.24, 2.45) is 0 Å². The van der Waals surface area contributed by atoms with E-state index in [2.05, 4.69) is 20.7 Å². The molecule has 1 unspecified atom stereocenters. The Kier molecular flexibility index (Phi) is 5.16. The molecule has 2 aromatic rings. The Labute approximate surface area is 133 Å². The Balaban J connectivity index is 2.22. The highest BCUT2D eigenvalue weighted by Crippen LogP contribution is 2.19. The van der Waals surface area contributed by atoms with Crippen LogP contribution in [-0.4, -0.2) is 13.5 Å². The van der Waals surface area contributed by atoms with Crippen molar-refractivity contribution in [2.75, 3.05) is 0 Å². The van der Waals surface area contributed by atoms with E-state index >= 15 is 0 Å². The Bertz CT molecular complexity index is 714. The molecule has 0 spiro atoms. The minimum absolute atomic E-state index is 0.151. The molecule has 0 bridgehead atoms. The first-order valence-electron chi connectivity index (χ1n) is 6.40. The summed E-state index contributed by atoms with van der Waals surface area (Å²) in [5, 5.41) is 9.09. The van der Waals surface area contributed by atoms with Gasteiger partial charge in [0.1, 0.15) is 0 Å². The lowest BCUT2D eigenvalue weighted by Crippen LogP contribution is -2.27. The number of rotatable bonds is 5. The zero-order valence-corrected chi connectivity index (χ0v) is 13.9. The van der Waals surface area contributed by atoms with E-state index < -0.39 is 10.0 Å². The van der Waals surface area contributed by atoms with Crippen molar-refractivity contribution in [2.45, 2.75) is 24.5 Å². The van der Waals surface area contributed by atoms with E-state index in [1.54, 1.807) is 19.1 Å². The van der Waals surface area contributed by atoms with Gasteiger partial charge in [-0.05, 0) is 42.3 Å². The van der Waals surface area contributed by atoms with Gasteiger partial charge in [0.05, 0.1) is 11.5 Å². The number of aliphatic hydroxyl groups excluding tert-OH is 1. The van der Waals surface area contributed by atoms with Gasteiger partial charge in [-0.15, -0.1) is 0 Å². The lowest BCUT2D eigenvalue weighted by molar-refractivity contribution is 0.281. The van der Waals surface area contributed by atoms with Crippen LogP contribution in [0.5, 0.6) is 0 Å². The monoisotopic (exact) mass is 369 g/mol. The largest absolute Gasteiger partial charge is 0.392 e. The highest BCUT2D eigenvalue weighted by molar-refractivity contribution is 9.10. The zero-order valence-electron chi connectivity index (χ0n) is 11.5. The first-order chi connectivity index (χ1) is 9.92. The molecule has 112 valence electrons. The molecule has 0 aliphatic rings. The Morgan fingerprint density at radius 2 is 1.86 bits per heavy atom. The van der Waals surface area contributed by atoms with Crippen LogP contribution in [0.1, 0.15) is 24.1 Å². The molecule has 0 fully saturated rings. The van der Waals surface area contributed by atoms with Crippen molar-refractivity contribution in [3.63, 3.8) is 0 Å². The summed E-state index contributed by atoms with van der Waals surface area (Å²) in [5.41, 5.74) is 1.44. The van der Waals surface area contributed by atoms with Crippen LogP contribution in [-0.2, 0) is 16.6 Å². The molecule has 0 radical (unpaired) electrons. The molecule has 0 saturated carbocycles. The minimum Gasteiger partial charge on any atom is -0.392 e.